The molecule has 3 aromatic rings. The third-order valence-corrected chi connectivity index (χ3v) is 6.67. The predicted molar refractivity (Wildman–Crippen MR) is 141 cm³/mol. The summed E-state index contributed by atoms with van der Waals surface area (Å²) >= 11 is 0. The second-order valence-corrected chi connectivity index (χ2v) is 9.40. The smallest absolute Gasteiger partial charge is 0.449 e. The summed E-state index contributed by atoms with van der Waals surface area (Å²) in [7, 11) is 0. The molecular weight excluding hydrogens is 525 g/mol. The number of nitro groups is 1. The van der Waals surface area contributed by atoms with E-state index in [1.807, 2.05) is 0 Å². The Labute approximate surface area is 228 Å². The van der Waals surface area contributed by atoms with Gasteiger partial charge in [-0.25, -0.2) is 23.9 Å². The van der Waals surface area contributed by atoms with Crippen molar-refractivity contribution in [3.63, 3.8) is 0 Å². The molecule has 0 atom stereocenters. The largest absolute Gasteiger partial charge is 0.514 e. The summed E-state index contributed by atoms with van der Waals surface area (Å²) in [6.07, 6.45) is 2.58. The number of hydrogen-bond donors (Lipinski definition) is 1. The van der Waals surface area contributed by atoms with Crippen molar-refractivity contribution in [2.45, 2.75) is 44.2 Å². The summed E-state index contributed by atoms with van der Waals surface area (Å²) in [5.41, 5.74) is 1.10. The van der Waals surface area contributed by atoms with Gasteiger partial charge < -0.3 is 19.5 Å². The number of aromatic nitrogens is 2. The number of nitrogens with zero attached hydrogens (tertiary/aromatic N) is 4. The molecule has 1 saturated heterocycles. The quantitative estimate of drug-likeness (QED) is 0.173. The first-order valence-electron chi connectivity index (χ1n) is 12.8. The number of anilines is 2. The molecule has 1 saturated carbocycles. The van der Waals surface area contributed by atoms with Crippen LogP contribution in [0, 0.1) is 15.9 Å². The van der Waals surface area contributed by atoms with Crippen molar-refractivity contribution in [3.05, 3.63) is 70.7 Å². The Balaban J connectivity index is 1.16. The van der Waals surface area contributed by atoms with Gasteiger partial charge in [0.2, 0.25) is 5.95 Å². The minimum atomic E-state index is -0.878. The molecule has 1 aliphatic heterocycles. The third kappa shape index (κ3) is 6.42. The highest BCUT2D eigenvalue weighted by atomic mass is 19.1. The van der Waals surface area contributed by atoms with Crippen LogP contribution in [0.25, 0.3) is 11.3 Å². The number of non-ortho nitro benzene ring substituents is 1. The number of ether oxygens (including phenoxy) is 3. The molecule has 208 valence electrons. The second-order valence-electron chi connectivity index (χ2n) is 9.40. The Hall–Kier alpha value is -4.81. The van der Waals surface area contributed by atoms with Crippen LogP contribution in [0.5, 0.6) is 5.75 Å². The number of rotatable bonds is 7. The van der Waals surface area contributed by atoms with E-state index in [4.69, 9.17) is 14.2 Å². The Morgan fingerprint density at radius 1 is 1.15 bits per heavy atom. The highest BCUT2D eigenvalue weighted by Gasteiger charge is 2.26. The molecule has 13 heteroatoms. The van der Waals surface area contributed by atoms with Crippen molar-refractivity contribution in [2.24, 2.45) is 0 Å². The first-order chi connectivity index (χ1) is 19.4. The predicted octanol–water partition coefficient (Wildman–Crippen LogP) is 5.48. The zero-order chi connectivity index (χ0) is 28.1. The minimum absolute atomic E-state index is 0.0155. The molecule has 2 heterocycles. The number of cyclic esters (lactones) is 1. The maximum atomic E-state index is 14.7. The van der Waals surface area contributed by atoms with Crippen LogP contribution in [-0.2, 0) is 9.47 Å². The number of hydrogen-bond acceptors (Lipinski definition) is 10. The standard InChI is InChI=1S/C27H26FN5O7/c28-23-16-29-25(31-24(23)17-3-1-4-20(15-17)32-13-2-14-38-26(32)34)30-18-5-9-21(10-6-18)39-27(35)40-22-11-7-19(8-12-22)33(36)37/h1,3-4,7-8,11-12,15-16,18,21H,2,5-6,9-10,13-14H2,(H,29,30,31). The normalized spacial score (nSPS) is 18.9. The van der Waals surface area contributed by atoms with Gasteiger partial charge in [-0.05, 0) is 56.4 Å². The van der Waals surface area contributed by atoms with E-state index < -0.39 is 23.0 Å². The fraction of sp³-hybridized carbons (Fsp3) is 0.333. The SMILES string of the molecule is O=C(Oc1ccc([N+](=O)[O-])cc1)OC1CCC(Nc2ncc(F)c(-c3cccc(N4CCCOC4=O)c3)n2)CC1. The highest BCUT2D eigenvalue weighted by molar-refractivity contribution is 5.89. The van der Waals surface area contributed by atoms with Crippen molar-refractivity contribution in [1.82, 2.24) is 9.97 Å². The van der Waals surface area contributed by atoms with E-state index in [1.165, 1.54) is 29.2 Å². The Kier molecular flexibility index (Phi) is 7.99. The van der Waals surface area contributed by atoms with Gasteiger partial charge >= 0.3 is 12.2 Å². The van der Waals surface area contributed by atoms with Crippen LogP contribution in [-0.4, -0.2) is 52.4 Å². The fourth-order valence-electron chi connectivity index (χ4n) is 4.65. The molecule has 0 bridgehead atoms. The maximum absolute atomic E-state index is 14.7. The van der Waals surface area contributed by atoms with Crippen LogP contribution in [0.1, 0.15) is 32.1 Å². The van der Waals surface area contributed by atoms with Gasteiger partial charge in [0, 0.05) is 36.0 Å². The second kappa shape index (κ2) is 11.9. The summed E-state index contributed by atoms with van der Waals surface area (Å²) < 4.78 is 30.3. The van der Waals surface area contributed by atoms with Gasteiger partial charge in [0.15, 0.2) is 5.82 Å². The van der Waals surface area contributed by atoms with Crippen molar-refractivity contribution in [1.29, 1.82) is 0 Å². The van der Waals surface area contributed by atoms with E-state index in [0.29, 0.717) is 56.5 Å². The van der Waals surface area contributed by atoms with Crippen LogP contribution in [0.2, 0.25) is 0 Å². The number of carbonyl (C=O) groups excluding carboxylic acids is 2. The molecule has 1 amide bonds. The van der Waals surface area contributed by atoms with Crippen LogP contribution >= 0.6 is 0 Å². The average Bonchev–Trinajstić information content (AvgIpc) is 2.96. The molecule has 2 aliphatic rings. The zero-order valence-corrected chi connectivity index (χ0v) is 21.3. The average molecular weight is 552 g/mol. The Morgan fingerprint density at radius 2 is 1.93 bits per heavy atom. The van der Waals surface area contributed by atoms with E-state index in [2.05, 4.69) is 15.3 Å². The van der Waals surface area contributed by atoms with Crippen LogP contribution in [0.15, 0.2) is 54.7 Å². The Morgan fingerprint density at radius 3 is 2.65 bits per heavy atom. The third-order valence-electron chi connectivity index (χ3n) is 6.67. The number of nitro benzene ring substituents is 1. The van der Waals surface area contributed by atoms with Gasteiger partial charge in [0.25, 0.3) is 5.69 Å². The lowest BCUT2D eigenvalue weighted by atomic mass is 9.93. The molecular formula is C27H26FN5O7. The van der Waals surface area contributed by atoms with Crippen LogP contribution < -0.4 is 15.0 Å². The van der Waals surface area contributed by atoms with Crippen molar-refractivity contribution in [3.8, 4) is 17.0 Å². The number of halogens is 1. The van der Waals surface area contributed by atoms with Crippen LogP contribution in [0.3, 0.4) is 0 Å². The van der Waals surface area contributed by atoms with Gasteiger partial charge in [-0.15, -0.1) is 0 Å². The van der Waals surface area contributed by atoms with Gasteiger partial charge in [-0.3, -0.25) is 15.0 Å². The van der Waals surface area contributed by atoms with E-state index in [9.17, 15) is 24.1 Å². The first kappa shape index (κ1) is 26.8. The van der Waals surface area contributed by atoms with E-state index >= 15 is 0 Å². The molecule has 40 heavy (non-hydrogen) atoms. The lowest BCUT2D eigenvalue weighted by Gasteiger charge is -2.28. The lowest BCUT2D eigenvalue weighted by molar-refractivity contribution is -0.384. The highest BCUT2D eigenvalue weighted by Crippen LogP contribution is 2.29. The van der Waals surface area contributed by atoms with Gasteiger partial charge in [-0.1, -0.05) is 12.1 Å². The topological polar surface area (TPSA) is 146 Å². The van der Waals surface area contributed by atoms with Gasteiger partial charge in [-0.2, -0.15) is 0 Å². The summed E-state index contributed by atoms with van der Waals surface area (Å²) in [4.78, 5) is 44.4. The molecule has 2 aromatic carbocycles. The molecule has 1 aromatic heterocycles. The summed E-state index contributed by atoms with van der Waals surface area (Å²) in [5.74, 6) is -0.176. The summed E-state index contributed by atoms with van der Waals surface area (Å²) in [6.45, 7) is 0.896. The fourth-order valence-corrected chi connectivity index (χ4v) is 4.65. The molecule has 0 spiro atoms. The number of amides is 1. The molecule has 1 aliphatic carbocycles. The minimum Gasteiger partial charge on any atom is -0.449 e. The molecule has 0 unspecified atom stereocenters. The maximum Gasteiger partial charge on any atom is 0.514 e. The molecule has 12 nitrogen and oxygen atoms in total. The molecule has 2 fully saturated rings. The van der Waals surface area contributed by atoms with Crippen LogP contribution in [0.4, 0.5) is 31.3 Å². The van der Waals surface area contributed by atoms with Crippen molar-refractivity contribution in [2.75, 3.05) is 23.4 Å². The lowest BCUT2D eigenvalue weighted by Crippen LogP contribution is -2.37. The Bertz CT molecular complexity index is 1400. The van der Waals surface area contributed by atoms with Gasteiger partial charge in [0.1, 0.15) is 17.5 Å². The molecule has 1 N–H and O–H groups in total. The summed E-state index contributed by atoms with van der Waals surface area (Å²) in [5, 5.41) is 14.0. The van der Waals surface area contributed by atoms with Crippen molar-refractivity contribution >= 4 is 29.6 Å². The van der Waals surface area contributed by atoms with E-state index in [1.54, 1.807) is 24.3 Å². The number of nitrogens with one attached hydrogen (secondary N) is 1. The zero-order valence-electron chi connectivity index (χ0n) is 21.3. The van der Waals surface area contributed by atoms with Gasteiger partial charge in [0.05, 0.1) is 17.7 Å². The number of benzene rings is 2. The monoisotopic (exact) mass is 551 g/mol. The number of carbonyl (C=O) groups is 2. The van der Waals surface area contributed by atoms with E-state index in [0.717, 1.165) is 6.20 Å². The first-order valence-corrected chi connectivity index (χ1v) is 12.8. The molecule has 5 rings (SSSR count). The van der Waals surface area contributed by atoms with E-state index in [-0.39, 0.29) is 35.2 Å². The summed E-state index contributed by atoms with van der Waals surface area (Å²) in [6, 6.07) is 12.0. The van der Waals surface area contributed by atoms with Crippen molar-refractivity contribution < 1.29 is 33.1 Å². The molecule has 0 radical (unpaired) electrons.